The van der Waals surface area contributed by atoms with Crippen molar-refractivity contribution in [1.82, 2.24) is 4.98 Å². The van der Waals surface area contributed by atoms with Crippen molar-refractivity contribution in [2.45, 2.75) is 20.3 Å². The summed E-state index contributed by atoms with van der Waals surface area (Å²) in [7, 11) is 0. The topological polar surface area (TPSA) is 33.2 Å². The Hall–Kier alpha value is -1.09. The molecule has 0 aliphatic carbocycles. The minimum absolute atomic E-state index is 0.0258. The monoisotopic (exact) mass is 210 g/mol. The molecule has 0 spiro atoms. The van der Waals surface area contributed by atoms with Gasteiger partial charge in [-0.1, -0.05) is 11.6 Å². The van der Waals surface area contributed by atoms with Gasteiger partial charge < -0.3 is 0 Å². The van der Waals surface area contributed by atoms with E-state index in [1.807, 2.05) is 13.0 Å². The summed E-state index contributed by atoms with van der Waals surface area (Å²) < 4.78 is 0. The number of hydrogen-bond donors (Lipinski definition) is 0. The Kier molecular flexibility index (Phi) is 2.19. The number of aromatic nitrogens is 1. The van der Waals surface area contributed by atoms with Crippen molar-refractivity contribution in [2.24, 2.45) is 0 Å². The molecule has 0 N–H and O–H groups in total. The quantitative estimate of drug-likeness (QED) is 0.614. The fraction of sp³-hybridized carbons (Fsp3) is 0.400. The first-order valence-electron chi connectivity index (χ1n) is 4.53. The molecule has 4 heteroatoms. The maximum Gasteiger partial charge on any atom is 0.225 e. The van der Waals surface area contributed by atoms with E-state index in [0.717, 1.165) is 29.9 Å². The van der Waals surface area contributed by atoms with E-state index < -0.39 is 0 Å². The summed E-state index contributed by atoms with van der Waals surface area (Å²) in [4.78, 5) is 17.1. The van der Waals surface area contributed by atoms with Crippen molar-refractivity contribution in [1.29, 1.82) is 0 Å². The number of amides is 1. The van der Waals surface area contributed by atoms with Crippen molar-refractivity contribution in [2.75, 3.05) is 11.4 Å². The molecule has 2 rings (SSSR count). The average Bonchev–Trinajstić information content (AvgIpc) is 2.47. The molecule has 0 radical (unpaired) electrons. The molecular weight excluding hydrogens is 200 g/mol. The molecule has 0 saturated carbocycles. The zero-order valence-corrected chi connectivity index (χ0v) is 8.93. The molecule has 1 aromatic rings. The molecule has 0 unspecified atom stereocenters. The Morgan fingerprint density at radius 3 is 3.00 bits per heavy atom. The third kappa shape index (κ3) is 1.38. The summed E-state index contributed by atoms with van der Waals surface area (Å²) in [6.45, 7) is 4.27. The van der Waals surface area contributed by atoms with Crippen LogP contribution in [0.3, 0.4) is 0 Å². The molecule has 1 aliphatic heterocycles. The molecule has 1 aliphatic rings. The van der Waals surface area contributed by atoms with Crippen molar-refractivity contribution >= 4 is 23.3 Å². The molecule has 0 aromatic carbocycles. The third-order valence-corrected chi connectivity index (χ3v) is 2.71. The van der Waals surface area contributed by atoms with Crippen molar-refractivity contribution < 1.29 is 4.79 Å². The van der Waals surface area contributed by atoms with Crippen LogP contribution in [0.5, 0.6) is 0 Å². The molecule has 1 aromatic heterocycles. The number of carbonyl (C=O) groups excluding carboxylic acids is 1. The molecule has 3 nitrogen and oxygen atoms in total. The van der Waals surface area contributed by atoms with Gasteiger partial charge in [0.1, 0.15) is 11.0 Å². The molecule has 0 fully saturated rings. The van der Waals surface area contributed by atoms with Crippen LogP contribution in [0.4, 0.5) is 5.82 Å². The van der Waals surface area contributed by atoms with Crippen molar-refractivity contribution in [3.05, 3.63) is 22.3 Å². The van der Waals surface area contributed by atoms with E-state index in [1.165, 1.54) is 0 Å². The standard InChI is InChI=1S/C10H11ClN2O/c1-6-5-9(11)12-10-8(6)3-4-13(10)7(2)14/h5H,3-4H2,1-2H3. The molecule has 0 saturated heterocycles. The summed E-state index contributed by atoms with van der Waals surface area (Å²) in [6, 6.07) is 1.84. The van der Waals surface area contributed by atoms with Crippen LogP contribution in [-0.4, -0.2) is 17.4 Å². The number of pyridine rings is 1. The first-order chi connectivity index (χ1) is 6.59. The number of fused-ring (bicyclic) bond motifs is 1. The highest BCUT2D eigenvalue weighted by Crippen LogP contribution is 2.30. The highest BCUT2D eigenvalue weighted by Gasteiger charge is 2.25. The lowest BCUT2D eigenvalue weighted by atomic mass is 10.1. The number of carbonyl (C=O) groups is 1. The van der Waals surface area contributed by atoms with E-state index >= 15 is 0 Å². The Morgan fingerprint density at radius 2 is 2.36 bits per heavy atom. The van der Waals surface area contributed by atoms with Gasteiger partial charge in [-0.05, 0) is 30.5 Å². The van der Waals surface area contributed by atoms with Crippen LogP contribution in [0.15, 0.2) is 6.07 Å². The maximum absolute atomic E-state index is 11.3. The summed E-state index contributed by atoms with van der Waals surface area (Å²) in [6.07, 6.45) is 0.880. The number of anilines is 1. The maximum atomic E-state index is 11.3. The summed E-state index contributed by atoms with van der Waals surface area (Å²) in [5.41, 5.74) is 2.26. The fourth-order valence-corrected chi connectivity index (χ4v) is 2.06. The lowest BCUT2D eigenvalue weighted by molar-refractivity contribution is -0.116. The van der Waals surface area contributed by atoms with Gasteiger partial charge in [0.25, 0.3) is 0 Å². The molecule has 14 heavy (non-hydrogen) atoms. The lowest BCUT2D eigenvalue weighted by Crippen LogP contribution is -2.26. The van der Waals surface area contributed by atoms with Crippen LogP contribution in [-0.2, 0) is 11.2 Å². The van der Waals surface area contributed by atoms with Crippen LogP contribution in [0.1, 0.15) is 18.1 Å². The Morgan fingerprint density at radius 1 is 1.64 bits per heavy atom. The lowest BCUT2D eigenvalue weighted by Gasteiger charge is -2.13. The minimum atomic E-state index is 0.0258. The Labute approximate surface area is 87.7 Å². The van der Waals surface area contributed by atoms with E-state index in [4.69, 9.17) is 11.6 Å². The van der Waals surface area contributed by atoms with Gasteiger partial charge in [0.05, 0.1) is 0 Å². The van der Waals surface area contributed by atoms with Gasteiger partial charge in [0.2, 0.25) is 5.91 Å². The van der Waals surface area contributed by atoms with Crippen LogP contribution < -0.4 is 4.90 Å². The van der Waals surface area contributed by atoms with Crippen molar-refractivity contribution in [3.63, 3.8) is 0 Å². The molecule has 2 heterocycles. The number of nitrogens with zero attached hydrogens (tertiary/aromatic N) is 2. The normalized spacial score (nSPS) is 14.4. The predicted molar refractivity (Wildman–Crippen MR) is 55.7 cm³/mol. The van der Waals surface area contributed by atoms with E-state index in [-0.39, 0.29) is 5.91 Å². The zero-order valence-electron chi connectivity index (χ0n) is 8.17. The highest BCUT2D eigenvalue weighted by molar-refractivity contribution is 6.29. The van der Waals surface area contributed by atoms with E-state index in [2.05, 4.69) is 4.98 Å². The highest BCUT2D eigenvalue weighted by atomic mass is 35.5. The second kappa shape index (κ2) is 3.24. The summed E-state index contributed by atoms with van der Waals surface area (Å²) in [5.74, 6) is 0.764. The second-order valence-electron chi connectivity index (χ2n) is 3.48. The Bertz CT molecular complexity index is 403. The van der Waals surface area contributed by atoms with Gasteiger partial charge in [-0.3, -0.25) is 9.69 Å². The number of halogens is 1. The molecule has 1 amide bonds. The SMILES string of the molecule is CC(=O)N1CCc2c(C)cc(Cl)nc21. The number of rotatable bonds is 0. The number of aryl methyl sites for hydroxylation is 1. The molecular formula is C10H11ClN2O. The third-order valence-electron chi connectivity index (χ3n) is 2.52. The van der Waals surface area contributed by atoms with Gasteiger partial charge in [0.15, 0.2) is 0 Å². The van der Waals surface area contributed by atoms with Gasteiger partial charge in [0, 0.05) is 13.5 Å². The van der Waals surface area contributed by atoms with Crippen LogP contribution in [0.2, 0.25) is 5.15 Å². The van der Waals surface area contributed by atoms with Crippen LogP contribution in [0.25, 0.3) is 0 Å². The predicted octanol–water partition coefficient (Wildman–Crippen LogP) is 1.95. The van der Waals surface area contributed by atoms with E-state index in [1.54, 1.807) is 11.8 Å². The van der Waals surface area contributed by atoms with Gasteiger partial charge >= 0.3 is 0 Å². The van der Waals surface area contributed by atoms with Gasteiger partial charge in [-0.15, -0.1) is 0 Å². The molecule has 0 bridgehead atoms. The van der Waals surface area contributed by atoms with Crippen LogP contribution >= 0.6 is 11.6 Å². The minimum Gasteiger partial charge on any atom is -0.296 e. The van der Waals surface area contributed by atoms with Gasteiger partial charge in [-0.25, -0.2) is 4.98 Å². The largest absolute Gasteiger partial charge is 0.296 e. The summed E-state index contributed by atoms with van der Waals surface area (Å²) in [5, 5.41) is 0.453. The first-order valence-corrected chi connectivity index (χ1v) is 4.91. The Balaban J connectivity index is 2.54. The van der Waals surface area contributed by atoms with Gasteiger partial charge in [-0.2, -0.15) is 0 Å². The molecule has 74 valence electrons. The van der Waals surface area contributed by atoms with Crippen LogP contribution in [0, 0.1) is 6.92 Å². The number of hydrogen-bond acceptors (Lipinski definition) is 2. The smallest absolute Gasteiger partial charge is 0.225 e. The fourth-order valence-electron chi connectivity index (χ4n) is 1.81. The zero-order chi connectivity index (χ0) is 10.3. The summed E-state index contributed by atoms with van der Waals surface area (Å²) >= 11 is 5.85. The van der Waals surface area contributed by atoms with E-state index in [9.17, 15) is 4.79 Å². The van der Waals surface area contributed by atoms with Crippen molar-refractivity contribution in [3.8, 4) is 0 Å². The average molecular weight is 211 g/mol. The molecule has 0 atom stereocenters. The second-order valence-corrected chi connectivity index (χ2v) is 3.87. The first kappa shape index (κ1) is 9.46. The van der Waals surface area contributed by atoms with E-state index in [0.29, 0.717) is 5.15 Å².